The van der Waals surface area contributed by atoms with Crippen molar-refractivity contribution >= 4 is 11.6 Å². The van der Waals surface area contributed by atoms with Crippen molar-refractivity contribution in [1.29, 1.82) is 0 Å². The summed E-state index contributed by atoms with van der Waals surface area (Å²) < 4.78 is 5.62. The third kappa shape index (κ3) is 2.54. The second-order valence-electron chi connectivity index (χ2n) is 7.02. The Balaban J connectivity index is 2.04. The van der Waals surface area contributed by atoms with Crippen LogP contribution in [0.4, 0.5) is 5.69 Å². The number of carbonyl (C=O) groups is 1. The zero-order chi connectivity index (χ0) is 15.2. The van der Waals surface area contributed by atoms with Gasteiger partial charge < -0.3 is 9.64 Å². The first-order chi connectivity index (χ1) is 9.94. The Bertz CT molecular complexity index is 560. The molecule has 1 aromatic rings. The van der Waals surface area contributed by atoms with Gasteiger partial charge in [-0.15, -0.1) is 0 Å². The monoisotopic (exact) mass is 287 g/mol. The van der Waals surface area contributed by atoms with E-state index in [0.717, 1.165) is 30.7 Å². The van der Waals surface area contributed by atoms with Crippen LogP contribution in [0.1, 0.15) is 58.4 Å². The highest BCUT2D eigenvalue weighted by Gasteiger charge is 2.44. The van der Waals surface area contributed by atoms with Crippen LogP contribution in [0.5, 0.6) is 5.75 Å². The van der Waals surface area contributed by atoms with E-state index in [4.69, 9.17) is 4.74 Å². The summed E-state index contributed by atoms with van der Waals surface area (Å²) in [5, 5.41) is 0. The van der Waals surface area contributed by atoms with Gasteiger partial charge in [-0.05, 0) is 69.7 Å². The van der Waals surface area contributed by atoms with Crippen LogP contribution in [-0.2, 0) is 4.79 Å². The fraction of sp³-hybridized carbons (Fsp3) is 0.611. The van der Waals surface area contributed by atoms with Crippen LogP contribution in [-0.4, -0.2) is 18.1 Å². The second-order valence-corrected chi connectivity index (χ2v) is 7.02. The van der Waals surface area contributed by atoms with E-state index in [0.29, 0.717) is 18.4 Å². The van der Waals surface area contributed by atoms with E-state index in [1.807, 2.05) is 13.0 Å². The van der Waals surface area contributed by atoms with E-state index in [1.54, 1.807) is 0 Å². The number of nitrogens with zero attached hydrogens (tertiary/aromatic N) is 1. The maximum atomic E-state index is 12.8. The molecule has 21 heavy (non-hydrogen) atoms. The van der Waals surface area contributed by atoms with Gasteiger partial charge in [-0.2, -0.15) is 0 Å². The fourth-order valence-corrected chi connectivity index (χ4v) is 3.59. The lowest BCUT2D eigenvalue weighted by molar-refractivity contribution is -0.121. The van der Waals surface area contributed by atoms with Crippen LogP contribution in [0.3, 0.4) is 0 Å². The second kappa shape index (κ2) is 5.04. The van der Waals surface area contributed by atoms with E-state index in [1.165, 1.54) is 5.56 Å². The Morgan fingerprint density at radius 2 is 2.10 bits per heavy atom. The van der Waals surface area contributed by atoms with Gasteiger partial charge in [-0.1, -0.05) is 6.92 Å². The molecule has 0 aromatic heterocycles. The van der Waals surface area contributed by atoms with Crippen molar-refractivity contribution in [3.63, 3.8) is 0 Å². The minimum Gasteiger partial charge on any atom is -0.494 e. The fourth-order valence-electron chi connectivity index (χ4n) is 3.59. The molecular weight excluding hydrogens is 262 g/mol. The van der Waals surface area contributed by atoms with Crippen molar-refractivity contribution in [2.45, 2.75) is 58.4 Å². The molecule has 1 unspecified atom stereocenters. The summed E-state index contributed by atoms with van der Waals surface area (Å²) in [6.45, 7) is 9.28. The molecule has 1 amide bonds. The first kappa shape index (κ1) is 14.4. The molecule has 1 aliphatic heterocycles. The molecule has 2 aliphatic rings. The van der Waals surface area contributed by atoms with Crippen LogP contribution in [0.25, 0.3) is 0 Å². The minimum atomic E-state index is -0.112. The van der Waals surface area contributed by atoms with Crippen molar-refractivity contribution in [1.82, 2.24) is 0 Å². The van der Waals surface area contributed by atoms with Crippen molar-refractivity contribution in [2.24, 2.45) is 5.92 Å². The van der Waals surface area contributed by atoms with Gasteiger partial charge in [0.2, 0.25) is 5.91 Å². The number of carbonyl (C=O) groups excluding carboxylic acids is 1. The van der Waals surface area contributed by atoms with Gasteiger partial charge in [0, 0.05) is 17.1 Å². The molecule has 3 heteroatoms. The molecule has 1 saturated carbocycles. The molecule has 114 valence electrons. The molecule has 1 heterocycles. The standard InChI is InChI=1S/C18H25NO2/c1-5-21-14-8-9-16-15(10-14)12(2)11-18(3,4)19(16)17(20)13-6-7-13/h8-10,12-13H,5-7,11H2,1-4H3. The largest absolute Gasteiger partial charge is 0.494 e. The lowest BCUT2D eigenvalue weighted by Gasteiger charge is -2.46. The molecule has 3 rings (SSSR count). The predicted octanol–water partition coefficient (Wildman–Crippen LogP) is 4.11. The van der Waals surface area contributed by atoms with Gasteiger partial charge in [0.1, 0.15) is 5.75 Å². The summed E-state index contributed by atoms with van der Waals surface area (Å²) in [5.41, 5.74) is 2.22. The zero-order valence-electron chi connectivity index (χ0n) is 13.5. The van der Waals surface area contributed by atoms with Crippen molar-refractivity contribution in [2.75, 3.05) is 11.5 Å². The minimum absolute atomic E-state index is 0.112. The average molecular weight is 287 g/mol. The molecule has 0 N–H and O–H groups in total. The van der Waals surface area contributed by atoms with Crippen molar-refractivity contribution < 1.29 is 9.53 Å². The van der Waals surface area contributed by atoms with Crippen LogP contribution in [0, 0.1) is 5.92 Å². The topological polar surface area (TPSA) is 29.5 Å². The molecule has 1 fully saturated rings. The molecule has 0 spiro atoms. The van der Waals surface area contributed by atoms with E-state index < -0.39 is 0 Å². The summed E-state index contributed by atoms with van der Waals surface area (Å²) in [5.74, 6) is 1.90. The summed E-state index contributed by atoms with van der Waals surface area (Å²) in [7, 11) is 0. The molecule has 1 atom stereocenters. The smallest absolute Gasteiger partial charge is 0.230 e. The molecule has 3 nitrogen and oxygen atoms in total. The van der Waals surface area contributed by atoms with Crippen LogP contribution >= 0.6 is 0 Å². The SMILES string of the molecule is CCOc1ccc2c(c1)C(C)CC(C)(C)N2C(=O)C1CC1. The van der Waals surface area contributed by atoms with Gasteiger partial charge in [0.15, 0.2) is 0 Å². The van der Waals surface area contributed by atoms with E-state index >= 15 is 0 Å². The molecule has 1 aromatic carbocycles. The van der Waals surface area contributed by atoms with Gasteiger partial charge in [-0.25, -0.2) is 0 Å². The lowest BCUT2D eigenvalue weighted by atomic mass is 9.79. The quantitative estimate of drug-likeness (QED) is 0.837. The normalized spacial score (nSPS) is 23.6. The molecule has 0 saturated heterocycles. The predicted molar refractivity (Wildman–Crippen MR) is 84.9 cm³/mol. The number of fused-ring (bicyclic) bond motifs is 1. The van der Waals surface area contributed by atoms with E-state index in [9.17, 15) is 4.79 Å². The maximum Gasteiger partial charge on any atom is 0.230 e. The number of benzene rings is 1. The Morgan fingerprint density at radius 1 is 1.38 bits per heavy atom. The molecular formula is C18H25NO2. The maximum absolute atomic E-state index is 12.8. The third-order valence-corrected chi connectivity index (χ3v) is 4.64. The van der Waals surface area contributed by atoms with Crippen LogP contribution in [0.2, 0.25) is 0 Å². The number of hydrogen-bond donors (Lipinski definition) is 0. The summed E-state index contributed by atoms with van der Waals surface area (Å²) in [4.78, 5) is 14.8. The number of amides is 1. The van der Waals surface area contributed by atoms with Crippen LogP contribution in [0.15, 0.2) is 18.2 Å². The summed E-state index contributed by atoms with van der Waals surface area (Å²) in [6, 6.07) is 6.17. The number of hydrogen-bond acceptors (Lipinski definition) is 2. The average Bonchev–Trinajstić information content (AvgIpc) is 3.23. The molecule has 1 aliphatic carbocycles. The van der Waals surface area contributed by atoms with Crippen molar-refractivity contribution in [3.05, 3.63) is 23.8 Å². The molecule has 0 bridgehead atoms. The summed E-state index contributed by atoms with van der Waals surface area (Å²) >= 11 is 0. The van der Waals surface area contributed by atoms with Gasteiger partial charge in [-0.3, -0.25) is 4.79 Å². The van der Waals surface area contributed by atoms with Gasteiger partial charge in [0.05, 0.1) is 6.61 Å². The first-order valence-electron chi connectivity index (χ1n) is 8.05. The number of ether oxygens (including phenoxy) is 1. The highest BCUT2D eigenvalue weighted by atomic mass is 16.5. The Labute approximate surface area is 127 Å². The number of anilines is 1. The van der Waals surface area contributed by atoms with Crippen molar-refractivity contribution in [3.8, 4) is 5.75 Å². The first-order valence-corrected chi connectivity index (χ1v) is 8.05. The number of rotatable bonds is 3. The Morgan fingerprint density at radius 3 is 2.71 bits per heavy atom. The van der Waals surface area contributed by atoms with E-state index in [2.05, 4.69) is 37.8 Å². The molecule has 0 radical (unpaired) electrons. The lowest BCUT2D eigenvalue weighted by Crippen LogP contribution is -2.52. The Kier molecular flexibility index (Phi) is 3.46. The summed E-state index contributed by atoms with van der Waals surface area (Å²) in [6.07, 6.45) is 3.09. The Hall–Kier alpha value is -1.51. The van der Waals surface area contributed by atoms with E-state index in [-0.39, 0.29) is 11.5 Å². The van der Waals surface area contributed by atoms with Gasteiger partial charge in [0.25, 0.3) is 0 Å². The highest BCUT2D eigenvalue weighted by molar-refractivity contribution is 5.99. The zero-order valence-corrected chi connectivity index (χ0v) is 13.5. The highest BCUT2D eigenvalue weighted by Crippen LogP contribution is 2.47. The van der Waals surface area contributed by atoms with Gasteiger partial charge >= 0.3 is 0 Å². The third-order valence-electron chi connectivity index (χ3n) is 4.64. The van der Waals surface area contributed by atoms with Crippen LogP contribution < -0.4 is 9.64 Å².